The Kier molecular flexibility index (Phi) is 4.65. The average Bonchev–Trinajstić information content (AvgIpc) is 2.37. The summed E-state index contributed by atoms with van der Waals surface area (Å²) in [5.41, 5.74) is 1.45. The van der Waals surface area contributed by atoms with Crippen LogP contribution in [0.15, 0.2) is 18.2 Å². The van der Waals surface area contributed by atoms with Gasteiger partial charge in [-0.3, -0.25) is 9.59 Å². The summed E-state index contributed by atoms with van der Waals surface area (Å²) in [6, 6.07) is 5.12. The Morgan fingerprint density at radius 3 is 2.70 bits per heavy atom. The molecule has 0 bridgehead atoms. The maximum Gasteiger partial charge on any atom is 0.306 e. The number of aryl methyl sites for hydroxylation is 1. The van der Waals surface area contributed by atoms with Gasteiger partial charge in [-0.2, -0.15) is 0 Å². The first-order valence-corrected chi connectivity index (χ1v) is 7.14. The average molecular weight is 296 g/mol. The van der Waals surface area contributed by atoms with E-state index in [0.29, 0.717) is 23.4 Å². The molecule has 0 aromatic heterocycles. The van der Waals surface area contributed by atoms with Gasteiger partial charge in [0.15, 0.2) is 0 Å². The van der Waals surface area contributed by atoms with Crippen molar-refractivity contribution in [1.29, 1.82) is 0 Å². The van der Waals surface area contributed by atoms with Crippen molar-refractivity contribution in [2.24, 2.45) is 5.92 Å². The molecule has 1 aliphatic rings. The molecule has 0 saturated heterocycles. The zero-order valence-corrected chi connectivity index (χ0v) is 12.1. The van der Waals surface area contributed by atoms with Crippen molar-refractivity contribution < 1.29 is 14.7 Å². The minimum Gasteiger partial charge on any atom is -0.481 e. The van der Waals surface area contributed by atoms with Gasteiger partial charge in [-0.25, -0.2) is 0 Å². The molecule has 5 heteroatoms. The third-order valence-electron chi connectivity index (χ3n) is 3.66. The van der Waals surface area contributed by atoms with E-state index in [2.05, 4.69) is 5.32 Å². The maximum absolute atomic E-state index is 12.2. The van der Waals surface area contributed by atoms with Gasteiger partial charge in [0.2, 0.25) is 0 Å². The highest BCUT2D eigenvalue weighted by molar-refractivity contribution is 6.31. The van der Waals surface area contributed by atoms with Crippen molar-refractivity contribution in [2.45, 2.75) is 38.6 Å². The third-order valence-corrected chi connectivity index (χ3v) is 3.88. The fraction of sp³-hybridized carbons (Fsp3) is 0.467. The fourth-order valence-corrected chi connectivity index (χ4v) is 2.97. The standard InChI is InChI=1S/C15H18ClNO3/c1-9-5-11(7-12(16)6-9)14(18)17-13-4-2-3-10(8-13)15(19)20/h5-7,10,13H,2-4,8H2,1H3,(H,17,18)(H,19,20). The lowest BCUT2D eigenvalue weighted by Gasteiger charge is -2.27. The maximum atomic E-state index is 12.2. The second-order valence-corrected chi connectivity index (χ2v) is 5.83. The molecule has 0 aliphatic heterocycles. The molecule has 2 rings (SSSR count). The number of carbonyl (C=O) groups excluding carboxylic acids is 1. The number of amides is 1. The number of benzene rings is 1. The van der Waals surface area contributed by atoms with E-state index in [9.17, 15) is 9.59 Å². The van der Waals surface area contributed by atoms with Gasteiger partial charge in [-0.1, -0.05) is 18.0 Å². The van der Waals surface area contributed by atoms with Crippen LogP contribution < -0.4 is 5.32 Å². The monoisotopic (exact) mass is 295 g/mol. The van der Waals surface area contributed by atoms with Crippen molar-refractivity contribution in [2.75, 3.05) is 0 Å². The molecule has 1 fully saturated rings. The number of carbonyl (C=O) groups is 2. The molecule has 20 heavy (non-hydrogen) atoms. The molecular formula is C15H18ClNO3. The first-order chi connectivity index (χ1) is 9.45. The Bertz CT molecular complexity index is 510. The van der Waals surface area contributed by atoms with E-state index in [1.165, 1.54) is 0 Å². The van der Waals surface area contributed by atoms with Gasteiger partial charge in [-0.05, 0) is 49.9 Å². The number of carboxylic acid groups (broad SMARTS) is 1. The van der Waals surface area contributed by atoms with Gasteiger partial charge in [0, 0.05) is 16.6 Å². The van der Waals surface area contributed by atoms with Crippen LogP contribution in [-0.2, 0) is 4.79 Å². The Hall–Kier alpha value is -1.55. The van der Waals surface area contributed by atoms with Crippen LogP contribution in [-0.4, -0.2) is 23.0 Å². The molecule has 2 atom stereocenters. The molecule has 1 aromatic rings. The number of hydrogen-bond acceptors (Lipinski definition) is 2. The van der Waals surface area contributed by atoms with E-state index in [-0.39, 0.29) is 17.9 Å². The van der Waals surface area contributed by atoms with Crippen LogP contribution in [0.5, 0.6) is 0 Å². The van der Waals surface area contributed by atoms with E-state index in [1.54, 1.807) is 18.2 Å². The van der Waals surface area contributed by atoms with Crippen LogP contribution in [0.2, 0.25) is 5.02 Å². The van der Waals surface area contributed by atoms with Crippen LogP contribution in [0.25, 0.3) is 0 Å². The van der Waals surface area contributed by atoms with Gasteiger partial charge in [0.1, 0.15) is 0 Å². The number of hydrogen-bond donors (Lipinski definition) is 2. The molecule has 0 heterocycles. The van der Waals surface area contributed by atoms with Crippen LogP contribution in [0.1, 0.15) is 41.6 Å². The molecule has 1 amide bonds. The van der Waals surface area contributed by atoms with Crippen LogP contribution in [0, 0.1) is 12.8 Å². The van der Waals surface area contributed by atoms with Crippen molar-refractivity contribution in [3.05, 3.63) is 34.3 Å². The molecule has 0 radical (unpaired) electrons. The van der Waals surface area contributed by atoms with Crippen LogP contribution in [0.3, 0.4) is 0 Å². The zero-order valence-electron chi connectivity index (χ0n) is 11.4. The van der Waals surface area contributed by atoms with E-state index in [0.717, 1.165) is 18.4 Å². The summed E-state index contributed by atoms with van der Waals surface area (Å²) < 4.78 is 0. The SMILES string of the molecule is Cc1cc(Cl)cc(C(=O)NC2CCCC(C(=O)O)C2)c1. The summed E-state index contributed by atoms with van der Waals surface area (Å²) >= 11 is 5.94. The predicted octanol–water partition coefficient (Wildman–Crippen LogP) is 3.02. The lowest BCUT2D eigenvalue weighted by molar-refractivity contribution is -0.143. The van der Waals surface area contributed by atoms with Gasteiger partial charge in [-0.15, -0.1) is 0 Å². The Labute approximate surface area is 123 Å². The number of nitrogens with one attached hydrogen (secondary N) is 1. The van der Waals surface area contributed by atoms with Crippen LogP contribution >= 0.6 is 11.6 Å². The first kappa shape index (κ1) is 14.9. The molecule has 1 aromatic carbocycles. The predicted molar refractivity (Wildman–Crippen MR) is 77.0 cm³/mol. The minimum absolute atomic E-state index is 0.0726. The topological polar surface area (TPSA) is 66.4 Å². The van der Waals surface area contributed by atoms with Crippen LogP contribution in [0.4, 0.5) is 0 Å². The lowest BCUT2D eigenvalue weighted by atomic mass is 9.85. The fourth-order valence-electron chi connectivity index (χ4n) is 2.68. The highest BCUT2D eigenvalue weighted by Crippen LogP contribution is 2.25. The van der Waals surface area contributed by atoms with Crippen molar-refractivity contribution in [3.63, 3.8) is 0 Å². The molecule has 4 nitrogen and oxygen atoms in total. The van der Waals surface area contributed by atoms with Gasteiger partial charge in [0.05, 0.1) is 5.92 Å². The normalized spacial score (nSPS) is 22.3. The Morgan fingerprint density at radius 2 is 2.05 bits per heavy atom. The van der Waals surface area contributed by atoms with Crippen molar-refractivity contribution in [3.8, 4) is 0 Å². The van der Waals surface area contributed by atoms with Gasteiger partial charge < -0.3 is 10.4 Å². The number of aliphatic carboxylic acids is 1. The van der Waals surface area contributed by atoms with Gasteiger partial charge >= 0.3 is 5.97 Å². The largest absolute Gasteiger partial charge is 0.481 e. The molecule has 2 unspecified atom stereocenters. The second-order valence-electron chi connectivity index (χ2n) is 5.39. The molecule has 2 N–H and O–H groups in total. The molecular weight excluding hydrogens is 278 g/mol. The highest BCUT2D eigenvalue weighted by atomic mass is 35.5. The first-order valence-electron chi connectivity index (χ1n) is 6.76. The Morgan fingerprint density at radius 1 is 1.30 bits per heavy atom. The smallest absolute Gasteiger partial charge is 0.306 e. The quantitative estimate of drug-likeness (QED) is 0.901. The summed E-state index contributed by atoms with van der Waals surface area (Å²) in [6.07, 6.45) is 2.85. The van der Waals surface area contributed by atoms with E-state index in [4.69, 9.17) is 16.7 Å². The van der Waals surface area contributed by atoms with E-state index in [1.807, 2.05) is 6.92 Å². The molecule has 0 spiro atoms. The molecule has 1 saturated carbocycles. The highest BCUT2D eigenvalue weighted by Gasteiger charge is 2.28. The minimum atomic E-state index is -0.775. The van der Waals surface area contributed by atoms with E-state index >= 15 is 0 Å². The summed E-state index contributed by atoms with van der Waals surface area (Å²) in [5, 5.41) is 12.5. The molecule has 1 aliphatic carbocycles. The van der Waals surface area contributed by atoms with Gasteiger partial charge in [0.25, 0.3) is 5.91 Å². The van der Waals surface area contributed by atoms with Crippen molar-refractivity contribution >= 4 is 23.5 Å². The van der Waals surface area contributed by atoms with Crippen molar-refractivity contribution in [1.82, 2.24) is 5.32 Å². The number of carboxylic acids is 1. The van der Waals surface area contributed by atoms with E-state index < -0.39 is 5.97 Å². The second kappa shape index (κ2) is 6.27. The summed E-state index contributed by atoms with van der Waals surface area (Å²) in [7, 11) is 0. The number of rotatable bonds is 3. The summed E-state index contributed by atoms with van der Waals surface area (Å²) in [4.78, 5) is 23.2. The zero-order chi connectivity index (χ0) is 14.7. The molecule has 108 valence electrons. The third kappa shape index (κ3) is 3.73. The summed E-state index contributed by atoms with van der Waals surface area (Å²) in [6.45, 7) is 1.88. The number of halogens is 1. The summed E-state index contributed by atoms with van der Waals surface area (Å²) in [5.74, 6) is -1.32. The lowest BCUT2D eigenvalue weighted by Crippen LogP contribution is -2.39. The Balaban J connectivity index is 2.02.